The molecule has 0 aromatic carbocycles. The van der Waals surface area contributed by atoms with Gasteiger partial charge in [0.15, 0.2) is 0 Å². The minimum Gasteiger partial charge on any atom is -0.465 e. The highest BCUT2D eigenvalue weighted by atomic mass is 32.2. The van der Waals surface area contributed by atoms with Crippen LogP contribution in [0.1, 0.15) is 27.2 Å². The van der Waals surface area contributed by atoms with Gasteiger partial charge in [-0.3, -0.25) is 4.79 Å². The predicted octanol–water partition coefficient (Wildman–Crippen LogP) is 1.66. The molecule has 0 amide bonds. The quantitative estimate of drug-likeness (QED) is 0.522. The zero-order valence-corrected chi connectivity index (χ0v) is 10.1. The Kier molecular flexibility index (Phi) is 7.99. The molecule has 0 rings (SSSR count). The van der Waals surface area contributed by atoms with E-state index in [1.807, 2.05) is 11.8 Å². The highest BCUT2D eigenvalue weighted by Crippen LogP contribution is 2.09. The monoisotopic (exact) mass is 219 g/mol. The molecular weight excluding hydrogens is 198 g/mol. The Morgan fingerprint density at radius 2 is 2.14 bits per heavy atom. The number of ether oxygens (including phenoxy) is 1. The van der Waals surface area contributed by atoms with E-state index in [-0.39, 0.29) is 5.97 Å². The van der Waals surface area contributed by atoms with Crippen LogP contribution in [0, 0.1) is 5.92 Å². The fourth-order valence-electron chi connectivity index (χ4n) is 0.896. The van der Waals surface area contributed by atoms with E-state index in [9.17, 15) is 4.79 Å². The van der Waals surface area contributed by atoms with Crippen molar-refractivity contribution >= 4 is 17.7 Å². The zero-order valence-electron chi connectivity index (χ0n) is 9.29. The lowest BCUT2D eigenvalue weighted by atomic mass is 10.2. The van der Waals surface area contributed by atoms with Crippen LogP contribution in [0.25, 0.3) is 0 Å². The van der Waals surface area contributed by atoms with Gasteiger partial charge in [0.25, 0.3) is 0 Å². The van der Waals surface area contributed by atoms with E-state index >= 15 is 0 Å². The highest BCUT2D eigenvalue weighted by Gasteiger charge is 2.13. The lowest BCUT2D eigenvalue weighted by molar-refractivity contribution is -0.144. The van der Waals surface area contributed by atoms with Gasteiger partial charge in [0.1, 0.15) is 6.04 Å². The summed E-state index contributed by atoms with van der Waals surface area (Å²) in [6.45, 7) is 6.56. The van der Waals surface area contributed by atoms with E-state index in [1.165, 1.54) is 0 Å². The molecule has 84 valence electrons. The maximum Gasteiger partial charge on any atom is 0.322 e. The van der Waals surface area contributed by atoms with Gasteiger partial charge in [-0.2, -0.15) is 11.8 Å². The van der Waals surface area contributed by atoms with Crippen LogP contribution in [-0.4, -0.2) is 30.1 Å². The third-order valence-corrected chi connectivity index (χ3v) is 3.04. The molecule has 0 saturated carbocycles. The van der Waals surface area contributed by atoms with Gasteiger partial charge in [-0.15, -0.1) is 0 Å². The van der Waals surface area contributed by atoms with Gasteiger partial charge in [-0.05, 0) is 30.8 Å². The van der Waals surface area contributed by atoms with Crippen molar-refractivity contribution < 1.29 is 9.53 Å². The summed E-state index contributed by atoms with van der Waals surface area (Å²) < 4.78 is 4.81. The topological polar surface area (TPSA) is 52.3 Å². The van der Waals surface area contributed by atoms with Crippen LogP contribution in [0.2, 0.25) is 0 Å². The number of nitrogens with two attached hydrogens (primary N) is 1. The molecule has 0 aliphatic rings. The molecule has 0 aliphatic heterocycles. The Morgan fingerprint density at radius 1 is 1.50 bits per heavy atom. The van der Waals surface area contributed by atoms with Gasteiger partial charge in [-0.25, -0.2) is 0 Å². The molecular formula is C10H21NO2S. The Bertz CT molecular complexity index is 162. The van der Waals surface area contributed by atoms with E-state index in [0.717, 1.165) is 11.5 Å². The number of carbonyl (C=O) groups is 1. The fraction of sp³-hybridized carbons (Fsp3) is 0.900. The van der Waals surface area contributed by atoms with Crippen molar-refractivity contribution in [2.45, 2.75) is 33.2 Å². The Morgan fingerprint density at radius 3 is 2.64 bits per heavy atom. The molecule has 0 aliphatic carbocycles. The summed E-state index contributed by atoms with van der Waals surface area (Å²) in [4.78, 5) is 11.1. The summed E-state index contributed by atoms with van der Waals surface area (Å²) in [6.07, 6.45) is 0.705. The molecule has 0 saturated heterocycles. The average Bonchev–Trinajstić information content (AvgIpc) is 2.12. The zero-order chi connectivity index (χ0) is 11.0. The number of thioether (sulfide) groups is 1. The van der Waals surface area contributed by atoms with Crippen molar-refractivity contribution in [2.24, 2.45) is 11.7 Å². The largest absolute Gasteiger partial charge is 0.465 e. The van der Waals surface area contributed by atoms with E-state index in [2.05, 4.69) is 13.8 Å². The second kappa shape index (κ2) is 8.12. The molecule has 0 spiro atoms. The van der Waals surface area contributed by atoms with Crippen molar-refractivity contribution in [1.29, 1.82) is 0 Å². The Hall–Kier alpha value is -0.220. The summed E-state index contributed by atoms with van der Waals surface area (Å²) in [6, 6.07) is -0.449. The lowest BCUT2D eigenvalue weighted by Crippen LogP contribution is -2.32. The second-order valence-electron chi connectivity index (χ2n) is 3.62. The maximum absolute atomic E-state index is 11.1. The average molecular weight is 219 g/mol. The van der Waals surface area contributed by atoms with Gasteiger partial charge >= 0.3 is 5.97 Å². The van der Waals surface area contributed by atoms with Crippen LogP contribution < -0.4 is 5.73 Å². The predicted molar refractivity (Wildman–Crippen MR) is 61.4 cm³/mol. The third-order valence-electron chi connectivity index (χ3n) is 1.61. The van der Waals surface area contributed by atoms with Crippen LogP contribution in [0.15, 0.2) is 0 Å². The standard InChI is InChI=1S/C10H21NO2S/c1-4-13-10(12)9(11)5-6-14-7-8(2)3/h8-9H,4-7,11H2,1-3H3. The molecule has 14 heavy (non-hydrogen) atoms. The van der Waals surface area contributed by atoms with Gasteiger partial charge in [0, 0.05) is 0 Å². The summed E-state index contributed by atoms with van der Waals surface area (Å²) in [5, 5.41) is 0. The van der Waals surface area contributed by atoms with E-state index < -0.39 is 6.04 Å². The first-order valence-corrected chi connectivity index (χ1v) is 6.23. The van der Waals surface area contributed by atoms with E-state index in [0.29, 0.717) is 18.9 Å². The summed E-state index contributed by atoms with van der Waals surface area (Å²) in [5.41, 5.74) is 5.63. The summed E-state index contributed by atoms with van der Waals surface area (Å²) in [5.74, 6) is 2.46. The van der Waals surface area contributed by atoms with Crippen molar-refractivity contribution in [3.8, 4) is 0 Å². The minimum absolute atomic E-state index is 0.280. The summed E-state index contributed by atoms with van der Waals surface area (Å²) >= 11 is 1.84. The second-order valence-corrected chi connectivity index (χ2v) is 4.77. The van der Waals surface area contributed by atoms with Crippen molar-refractivity contribution in [1.82, 2.24) is 0 Å². The smallest absolute Gasteiger partial charge is 0.322 e. The molecule has 0 aromatic heterocycles. The molecule has 1 atom stereocenters. The maximum atomic E-state index is 11.1. The molecule has 4 heteroatoms. The van der Waals surface area contributed by atoms with Gasteiger partial charge in [0.05, 0.1) is 6.61 Å². The van der Waals surface area contributed by atoms with Gasteiger partial charge in [0.2, 0.25) is 0 Å². The van der Waals surface area contributed by atoms with Crippen molar-refractivity contribution in [3.05, 3.63) is 0 Å². The lowest BCUT2D eigenvalue weighted by Gasteiger charge is -2.10. The number of carbonyl (C=O) groups excluding carboxylic acids is 1. The van der Waals surface area contributed by atoms with Crippen LogP contribution in [0.3, 0.4) is 0 Å². The van der Waals surface area contributed by atoms with Crippen LogP contribution in [-0.2, 0) is 9.53 Å². The molecule has 1 unspecified atom stereocenters. The molecule has 3 nitrogen and oxygen atoms in total. The summed E-state index contributed by atoms with van der Waals surface area (Å²) in [7, 11) is 0. The number of hydrogen-bond donors (Lipinski definition) is 1. The first kappa shape index (κ1) is 13.8. The SMILES string of the molecule is CCOC(=O)C(N)CCSCC(C)C. The van der Waals surface area contributed by atoms with Gasteiger partial charge in [-0.1, -0.05) is 13.8 Å². The molecule has 0 fully saturated rings. The molecule has 0 heterocycles. The molecule has 0 bridgehead atoms. The highest BCUT2D eigenvalue weighted by molar-refractivity contribution is 7.99. The van der Waals surface area contributed by atoms with Crippen molar-refractivity contribution in [2.75, 3.05) is 18.1 Å². The van der Waals surface area contributed by atoms with Crippen LogP contribution in [0.4, 0.5) is 0 Å². The van der Waals surface area contributed by atoms with Gasteiger partial charge < -0.3 is 10.5 Å². The Balaban J connectivity index is 3.43. The first-order valence-electron chi connectivity index (χ1n) is 5.07. The third kappa shape index (κ3) is 7.21. The van der Waals surface area contributed by atoms with Crippen LogP contribution in [0.5, 0.6) is 0 Å². The van der Waals surface area contributed by atoms with E-state index in [1.54, 1.807) is 6.92 Å². The fourth-order valence-corrected chi connectivity index (χ4v) is 1.96. The number of rotatable bonds is 7. The molecule has 0 aromatic rings. The molecule has 0 radical (unpaired) electrons. The van der Waals surface area contributed by atoms with E-state index in [4.69, 9.17) is 10.5 Å². The van der Waals surface area contributed by atoms with Crippen molar-refractivity contribution in [3.63, 3.8) is 0 Å². The number of esters is 1. The minimum atomic E-state index is -0.449. The first-order chi connectivity index (χ1) is 6.57. The van der Waals surface area contributed by atoms with Crippen LogP contribution >= 0.6 is 11.8 Å². The normalized spacial score (nSPS) is 12.9. The molecule has 2 N–H and O–H groups in total. The Labute approximate surface area is 90.8 Å². The number of hydrogen-bond acceptors (Lipinski definition) is 4.